The highest BCUT2D eigenvalue weighted by atomic mass is 79.9. The number of methoxy groups -OCH3 is 1. The van der Waals surface area contributed by atoms with E-state index in [1.165, 1.54) is 0 Å². The average Bonchev–Trinajstić information content (AvgIpc) is 2.61. The maximum absolute atomic E-state index is 9.02. The van der Waals surface area contributed by atoms with Gasteiger partial charge in [-0.3, -0.25) is 0 Å². The number of hydrogen-bond donors (Lipinski definition) is 0. The number of benzene rings is 1. The van der Waals surface area contributed by atoms with Gasteiger partial charge in [0.15, 0.2) is 0 Å². The summed E-state index contributed by atoms with van der Waals surface area (Å²) in [6, 6.07) is 6.04. The molecule has 1 aromatic carbocycles. The molecule has 0 fully saturated rings. The quantitative estimate of drug-likeness (QED) is 0.792. The van der Waals surface area contributed by atoms with Gasteiger partial charge >= 0.3 is 0 Å². The summed E-state index contributed by atoms with van der Waals surface area (Å²) in [7, 11) is 1.61. The van der Waals surface area contributed by atoms with Gasteiger partial charge in [0, 0.05) is 14.6 Å². The molecule has 0 bridgehead atoms. The Labute approximate surface area is 93.9 Å². The standard InChI is InChI=1S/C10H6BrNOS/c1-13-8-5-14-9-3-2-7(11)6(4-12)10(8)9/h2-3,5H,1H3. The topological polar surface area (TPSA) is 33.0 Å². The highest BCUT2D eigenvalue weighted by Gasteiger charge is 2.11. The van der Waals surface area contributed by atoms with Crippen LogP contribution in [0.15, 0.2) is 22.0 Å². The third-order valence-corrected chi connectivity index (χ3v) is 3.57. The van der Waals surface area contributed by atoms with Crippen LogP contribution in [0, 0.1) is 11.3 Å². The first kappa shape index (κ1) is 9.50. The van der Waals surface area contributed by atoms with Gasteiger partial charge in [0.25, 0.3) is 0 Å². The van der Waals surface area contributed by atoms with Crippen LogP contribution in [0.3, 0.4) is 0 Å². The Morgan fingerprint density at radius 1 is 1.50 bits per heavy atom. The maximum atomic E-state index is 9.02. The van der Waals surface area contributed by atoms with Gasteiger partial charge in [-0.2, -0.15) is 5.26 Å². The smallest absolute Gasteiger partial charge is 0.138 e. The number of fused-ring (bicyclic) bond motifs is 1. The van der Waals surface area contributed by atoms with E-state index in [4.69, 9.17) is 10.00 Å². The molecule has 1 heterocycles. The van der Waals surface area contributed by atoms with Gasteiger partial charge in [-0.15, -0.1) is 11.3 Å². The van der Waals surface area contributed by atoms with Crippen molar-refractivity contribution in [1.82, 2.24) is 0 Å². The summed E-state index contributed by atoms with van der Waals surface area (Å²) in [6.45, 7) is 0. The van der Waals surface area contributed by atoms with Gasteiger partial charge in [-0.1, -0.05) is 0 Å². The first-order chi connectivity index (χ1) is 6.77. The molecular weight excluding hydrogens is 262 g/mol. The second kappa shape index (κ2) is 3.60. The number of hydrogen-bond acceptors (Lipinski definition) is 3. The largest absolute Gasteiger partial charge is 0.495 e. The predicted molar refractivity (Wildman–Crippen MR) is 60.8 cm³/mol. The molecule has 1 aromatic heterocycles. The second-order valence-corrected chi connectivity index (χ2v) is 4.48. The van der Waals surface area contributed by atoms with Gasteiger partial charge in [0.1, 0.15) is 11.8 Å². The van der Waals surface area contributed by atoms with Gasteiger partial charge in [0.2, 0.25) is 0 Å². The highest BCUT2D eigenvalue weighted by Crippen LogP contribution is 2.37. The van der Waals surface area contributed by atoms with E-state index in [-0.39, 0.29) is 0 Å². The lowest BCUT2D eigenvalue weighted by Crippen LogP contribution is -1.83. The van der Waals surface area contributed by atoms with E-state index in [1.807, 2.05) is 17.5 Å². The van der Waals surface area contributed by atoms with Crippen LogP contribution < -0.4 is 4.74 Å². The molecule has 2 nitrogen and oxygen atoms in total. The van der Waals surface area contributed by atoms with Crippen LogP contribution in [0.5, 0.6) is 5.75 Å². The summed E-state index contributed by atoms with van der Waals surface area (Å²) in [5.41, 5.74) is 0.639. The minimum atomic E-state index is 0.639. The molecular formula is C10H6BrNOS. The Kier molecular flexibility index (Phi) is 2.44. The predicted octanol–water partition coefficient (Wildman–Crippen LogP) is 3.54. The molecule has 14 heavy (non-hydrogen) atoms. The molecule has 0 atom stereocenters. The number of nitrogens with zero attached hydrogens (tertiary/aromatic N) is 1. The van der Waals surface area contributed by atoms with Crippen LogP contribution in [-0.4, -0.2) is 7.11 Å². The zero-order chi connectivity index (χ0) is 10.1. The first-order valence-corrected chi connectivity index (χ1v) is 5.59. The van der Waals surface area contributed by atoms with Crippen LogP contribution in [0.1, 0.15) is 5.56 Å². The van der Waals surface area contributed by atoms with E-state index in [9.17, 15) is 0 Å². The molecule has 0 saturated heterocycles. The molecule has 2 rings (SSSR count). The average molecular weight is 268 g/mol. The fourth-order valence-electron chi connectivity index (χ4n) is 1.34. The minimum absolute atomic E-state index is 0.639. The molecule has 0 radical (unpaired) electrons. The number of thiophene rings is 1. The molecule has 0 spiro atoms. The third kappa shape index (κ3) is 1.29. The molecule has 0 aliphatic heterocycles. The van der Waals surface area contributed by atoms with E-state index in [1.54, 1.807) is 18.4 Å². The fraction of sp³-hybridized carbons (Fsp3) is 0.100. The molecule has 4 heteroatoms. The summed E-state index contributed by atoms with van der Waals surface area (Å²) >= 11 is 4.93. The van der Waals surface area contributed by atoms with E-state index < -0.39 is 0 Å². The van der Waals surface area contributed by atoms with Crippen molar-refractivity contribution in [2.24, 2.45) is 0 Å². The molecule has 0 aliphatic rings. The van der Waals surface area contributed by atoms with Crippen molar-refractivity contribution in [3.63, 3.8) is 0 Å². The SMILES string of the molecule is COc1csc2ccc(Br)c(C#N)c12. The summed E-state index contributed by atoms with van der Waals surface area (Å²) < 4.78 is 7.08. The molecule has 2 aromatic rings. The fourth-order valence-corrected chi connectivity index (χ4v) is 2.67. The lowest BCUT2D eigenvalue weighted by Gasteiger charge is -2.00. The summed E-state index contributed by atoms with van der Waals surface area (Å²) in [4.78, 5) is 0. The number of ether oxygens (including phenoxy) is 1. The number of nitriles is 1. The molecule has 0 N–H and O–H groups in total. The Hall–Kier alpha value is -1.05. The molecule has 0 unspecified atom stereocenters. The van der Waals surface area contributed by atoms with Gasteiger partial charge in [0.05, 0.1) is 18.1 Å². The van der Waals surface area contributed by atoms with Gasteiger partial charge < -0.3 is 4.74 Å². The van der Waals surface area contributed by atoms with Crippen molar-refractivity contribution >= 4 is 37.4 Å². The zero-order valence-corrected chi connectivity index (χ0v) is 9.78. The Balaban J connectivity index is 2.90. The number of rotatable bonds is 1. The highest BCUT2D eigenvalue weighted by molar-refractivity contribution is 9.10. The first-order valence-electron chi connectivity index (χ1n) is 3.91. The normalized spacial score (nSPS) is 10.1. The monoisotopic (exact) mass is 267 g/mol. The van der Waals surface area contributed by atoms with Crippen LogP contribution >= 0.6 is 27.3 Å². The van der Waals surface area contributed by atoms with Crippen molar-refractivity contribution in [2.45, 2.75) is 0 Å². The summed E-state index contributed by atoms with van der Waals surface area (Å²) in [5, 5.41) is 11.8. The van der Waals surface area contributed by atoms with Gasteiger partial charge in [-0.25, -0.2) is 0 Å². The Morgan fingerprint density at radius 2 is 2.29 bits per heavy atom. The Morgan fingerprint density at radius 3 is 2.93 bits per heavy atom. The van der Waals surface area contributed by atoms with Gasteiger partial charge in [-0.05, 0) is 28.1 Å². The van der Waals surface area contributed by atoms with E-state index in [0.29, 0.717) is 5.56 Å². The summed E-state index contributed by atoms with van der Waals surface area (Å²) in [5.74, 6) is 0.767. The maximum Gasteiger partial charge on any atom is 0.138 e. The van der Waals surface area contributed by atoms with Crippen LogP contribution in [0.25, 0.3) is 10.1 Å². The van der Waals surface area contributed by atoms with Crippen LogP contribution in [0.4, 0.5) is 0 Å². The molecule has 0 amide bonds. The van der Waals surface area contributed by atoms with Crippen molar-refractivity contribution in [2.75, 3.05) is 7.11 Å². The van der Waals surface area contributed by atoms with E-state index >= 15 is 0 Å². The van der Waals surface area contributed by atoms with Crippen molar-refractivity contribution in [1.29, 1.82) is 5.26 Å². The van der Waals surface area contributed by atoms with E-state index in [0.717, 1.165) is 20.3 Å². The lowest BCUT2D eigenvalue weighted by molar-refractivity contribution is 0.421. The lowest BCUT2D eigenvalue weighted by atomic mass is 10.1. The van der Waals surface area contributed by atoms with Crippen LogP contribution in [0.2, 0.25) is 0 Å². The third-order valence-electron chi connectivity index (χ3n) is 1.99. The molecule has 0 saturated carbocycles. The molecule has 0 aliphatic carbocycles. The zero-order valence-electron chi connectivity index (χ0n) is 7.37. The molecule has 70 valence electrons. The summed E-state index contributed by atoms with van der Waals surface area (Å²) in [6.07, 6.45) is 0. The van der Waals surface area contributed by atoms with Crippen molar-refractivity contribution < 1.29 is 4.74 Å². The van der Waals surface area contributed by atoms with E-state index in [2.05, 4.69) is 22.0 Å². The minimum Gasteiger partial charge on any atom is -0.495 e. The van der Waals surface area contributed by atoms with Crippen molar-refractivity contribution in [3.05, 3.63) is 27.5 Å². The number of halogens is 1. The van der Waals surface area contributed by atoms with Crippen LogP contribution in [-0.2, 0) is 0 Å². The Bertz CT molecular complexity index is 527. The second-order valence-electron chi connectivity index (χ2n) is 2.71. The van der Waals surface area contributed by atoms with Crippen molar-refractivity contribution in [3.8, 4) is 11.8 Å².